The van der Waals surface area contributed by atoms with Crippen LogP contribution in [0.1, 0.15) is 10.5 Å². The zero-order chi connectivity index (χ0) is 14.1. The molecule has 0 atom stereocenters. The van der Waals surface area contributed by atoms with E-state index in [0.717, 1.165) is 0 Å². The van der Waals surface area contributed by atoms with E-state index in [-0.39, 0.29) is 17.8 Å². The molecule has 1 fully saturated rings. The van der Waals surface area contributed by atoms with Crippen LogP contribution in [0, 0.1) is 5.82 Å². The fourth-order valence-corrected chi connectivity index (χ4v) is 2.15. The molecule has 1 N–H and O–H groups in total. The molecule has 0 aromatic carbocycles. The predicted octanol–water partition coefficient (Wildman–Crippen LogP) is 0.573. The van der Waals surface area contributed by atoms with E-state index < -0.39 is 0 Å². The number of anilines is 1. The second kappa shape index (κ2) is 4.92. The summed E-state index contributed by atoms with van der Waals surface area (Å²) in [6, 6.07) is 4.58. The Balaban J connectivity index is 1.56. The van der Waals surface area contributed by atoms with E-state index in [1.54, 1.807) is 41.2 Å². The van der Waals surface area contributed by atoms with Gasteiger partial charge in [-0.25, -0.2) is 9.37 Å². The first-order valence-electron chi connectivity index (χ1n) is 6.29. The number of carbonyl (C=O) groups excluding carboxylic acids is 1. The first-order chi connectivity index (χ1) is 9.63. The number of hydrogen-bond donors (Lipinski definition) is 1. The smallest absolute Gasteiger partial charge is 0.272 e. The number of aromatic nitrogens is 3. The molecule has 0 unspecified atom stereocenters. The lowest BCUT2D eigenvalue weighted by Crippen LogP contribution is -2.60. The molecule has 1 aliphatic rings. The van der Waals surface area contributed by atoms with Gasteiger partial charge in [0, 0.05) is 32.5 Å². The number of rotatable bonds is 3. The number of amides is 1. The molecule has 0 aliphatic carbocycles. The first-order valence-corrected chi connectivity index (χ1v) is 6.29. The van der Waals surface area contributed by atoms with E-state index in [0.29, 0.717) is 24.6 Å². The van der Waals surface area contributed by atoms with Crippen LogP contribution < -0.4 is 10.2 Å². The first kappa shape index (κ1) is 12.6. The van der Waals surface area contributed by atoms with E-state index in [1.165, 1.54) is 6.07 Å². The van der Waals surface area contributed by atoms with Crippen molar-refractivity contribution in [3.63, 3.8) is 0 Å². The number of hydrogen-bond acceptors (Lipinski definition) is 4. The summed E-state index contributed by atoms with van der Waals surface area (Å²) >= 11 is 0. The molecule has 104 valence electrons. The van der Waals surface area contributed by atoms with Gasteiger partial charge in [-0.1, -0.05) is 0 Å². The Bertz CT molecular complexity index is 635. The van der Waals surface area contributed by atoms with E-state index in [2.05, 4.69) is 15.4 Å². The lowest BCUT2D eigenvalue weighted by atomic mass is 10.1. The van der Waals surface area contributed by atoms with Crippen molar-refractivity contribution in [1.82, 2.24) is 20.1 Å². The summed E-state index contributed by atoms with van der Waals surface area (Å²) < 4.78 is 15.1. The van der Waals surface area contributed by atoms with Crippen molar-refractivity contribution < 1.29 is 9.18 Å². The molecule has 1 aliphatic heterocycles. The molecule has 20 heavy (non-hydrogen) atoms. The van der Waals surface area contributed by atoms with Crippen LogP contribution in [0.15, 0.2) is 30.6 Å². The molecule has 3 heterocycles. The number of pyridine rings is 1. The number of aryl methyl sites for hydroxylation is 1. The third-order valence-electron chi connectivity index (χ3n) is 3.20. The van der Waals surface area contributed by atoms with Crippen molar-refractivity contribution >= 4 is 11.7 Å². The quantitative estimate of drug-likeness (QED) is 0.889. The van der Waals surface area contributed by atoms with Gasteiger partial charge in [0.05, 0.1) is 6.04 Å². The number of nitrogens with zero attached hydrogens (tertiary/aromatic N) is 4. The average Bonchev–Trinajstić information content (AvgIpc) is 2.81. The second-order valence-electron chi connectivity index (χ2n) is 4.76. The fraction of sp³-hybridized carbons (Fsp3) is 0.308. The zero-order valence-corrected chi connectivity index (χ0v) is 11.0. The summed E-state index contributed by atoms with van der Waals surface area (Å²) in [5, 5.41) is 6.89. The van der Waals surface area contributed by atoms with Gasteiger partial charge in [0.15, 0.2) is 11.6 Å². The van der Waals surface area contributed by atoms with Crippen molar-refractivity contribution in [2.45, 2.75) is 6.04 Å². The maximum atomic E-state index is 13.5. The van der Waals surface area contributed by atoms with Gasteiger partial charge >= 0.3 is 0 Å². The highest BCUT2D eigenvalue weighted by molar-refractivity contribution is 5.92. The summed E-state index contributed by atoms with van der Waals surface area (Å²) in [7, 11) is 1.76. The molecule has 7 heteroatoms. The number of halogens is 1. The molecule has 2 aromatic heterocycles. The molecule has 1 saturated heterocycles. The Kier molecular flexibility index (Phi) is 3.09. The Morgan fingerprint density at radius 1 is 1.45 bits per heavy atom. The van der Waals surface area contributed by atoms with Gasteiger partial charge in [-0.2, -0.15) is 5.10 Å². The number of carbonyl (C=O) groups is 1. The van der Waals surface area contributed by atoms with Crippen molar-refractivity contribution in [1.29, 1.82) is 0 Å². The normalized spacial score (nSPS) is 15.0. The highest BCUT2D eigenvalue weighted by Gasteiger charge is 2.31. The van der Waals surface area contributed by atoms with Crippen LogP contribution in [0.25, 0.3) is 0 Å². The molecule has 1 amide bonds. The Labute approximate surface area is 115 Å². The molecular formula is C13H14FN5O. The predicted molar refractivity (Wildman–Crippen MR) is 70.9 cm³/mol. The van der Waals surface area contributed by atoms with E-state index in [1.807, 2.05) is 0 Å². The standard InChI is InChI=1S/C13H14FN5O/c1-18-6-4-11(17-18)13(20)16-9-7-19(8-9)12-10(14)3-2-5-15-12/h2-6,9H,7-8H2,1H3,(H,16,20). The average molecular weight is 275 g/mol. The zero-order valence-electron chi connectivity index (χ0n) is 11.0. The van der Waals surface area contributed by atoms with Crippen LogP contribution >= 0.6 is 0 Å². The summed E-state index contributed by atoms with van der Waals surface area (Å²) in [4.78, 5) is 17.7. The van der Waals surface area contributed by atoms with Gasteiger partial charge in [-0.15, -0.1) is 0 Å². The SMILES string of the molecule is Cn1ccc(C(=O)NC2CN(c3ncccc3F)C2)n1. The minimum Gasteiger partial charge on any atom is -0.350 e. The van der Waals surface area contributed by atoms with Crippen LogP contribution in [0.4, 0.5) is 10.2 Å². The van der Waals surface area contributed by atoms with E-state index in [9.17, 15) is 9.18 Å². The van der Waals surface area contributed by atoms with Crippen molar-refractivity contribution in [2.24, 2.45) is 7.05 Å². The summed E-state index contributed by atoms with van der Waals surface area (Å²) in [6.45, 7) is 1.10. The van der Waals surface area contributed by atoms with Crippen LogP contribution in [0.2, 0.25) is 0 Å². The minimum absolute atomic E-state index is 0.00841. The fourth-order valence-electron chi connectivity index (χ4n) is 2.15. The monoisotopic (exact) mass is 275 g/mol. The van der Waals surface area contributed by atoms with E-state index >= 15 is 0 Å². The van der Waals surface area contributed by atoms with Crippen molar-refractivity contribution in [3.05, 3.63) is 42.1 Å². The third-order valence-corrected chi connectivity index (χ3v) is 3.20. The molecule has 0 bridgehead atoms. The molecule has 0 saturated carbocycles. The van der Waals surface area contributed by atoms with Crippen molar-refractivity contribution in [2.75, 3.05) is 18.0 Å². The third kappa shape index (κ3) is 2.34. The molecule has 0 spiro atoms. The van der Waals surface area contributed by atoms with Crippen molar-refractivity contribution in [3.8, 4) is 0 Å². The van der Waals surface area contributed by atoms with Crippen LogP contribution in [0.3, 0.4) is 0 Å². The van der Waals surface area contributed by atoms with Gasteiger partial charge < -0.3 is 10.2 Å². The second-order valence-corrected chi connectivity index (χ2v) is 4.76. The molecular weight excluding hydrogens is 261 g/mol. The summed E-state index contributed by atoms with van der Waals surface area (Å²) in [5.41, 5.74) is 0.384. The lowest BCUT2D eigenvalue weighted by molar-refractivity contribution is 0.0924. The van der Waals surface area contributed by atoms with Crippen LogP contribution in [-0.4, -0.2) is 39.8 Å². The maximum absolute atomic E-state index is 13.5. The van der Waals surface area contributed by atoms with Gasteiger partial charge in [0.25, 0.3) is 5.91 Å². The minimum atomic E-state index is -0.345. The summed E-state index contributed by atoms with van der Waals surface area (Å²) in [6.07, 6.45) is 3.27. The van der Waals surface area contributed by atoms with Gasteiger partial charge in [-0.3, -0.25) is 9.48 Å². The summed E-state index contributed by atoms with van der Waals surface area (Å²) in [5.74, 6) is -0.227. The molecule has 6 nitrogen and oxygen atoms in total. The van der Waals surface area contributed by atoms with Gasteiger partial charge in [0.1, 0.15) is 5.69 Å². The maximum Gasteiger partial charge on any atom is 0.272 e. The molecule has 2 aromatic rings. The van der Waals surface area contributed by atoms with Crippen LogP contribution in [-0.2, 0) is 7.05 Å². The Hall–Kier alpha value is -2.44. The van der Waals surface area contributed by atoms with Gasteiger partial charge in [0.2, 0.25) is 0 Å². The van der Waals surface area contributed by atoms with Crippen LogP contribution in [0.5, 0.6) is 0 Å². The lowest BCUT2D eigenvalue weighted by Gasteiger charge is -2.40. The number of nitrogens with one attached hydrogen (secondary N) is 1. The highest BCUT2D eigenvalue weighted by atomic mass is 19.1. The molecule has 3 rings (SSSR count). The van der Waals surface area contributed by atoms with Gasteiger partial charge in [-0.05, 0) is 18.2 Å². The topological polar surface area (TPSA) is 63.1 Å². The largest absolute Gasteiger partial charge is 0.350 e. The molecule has 0 radical (unpaired) electrons. The Morgan fingerprint density at radius 2 is 2.25 bits per heavy atom. The Morgan fingerprint density at radius 3 is 2.90 bits per heavy atom. The highest BCUT2D eigenvalue weighted by Crippen LogP contribution is 2.21. The van der Waals surface area contributed by atoms with E-state index in [4.69, 9.17) is 0 Å².